The van der Waals surface area contributed by atoms with Crippen LogP contribution in [0.3, 0.4) is 0 Å². The van der Waals surface area contributed by atoms with E-state index in [9.17, 15) is 0 Å². The maximum atomic E-state index is 5.28. The number of nitrogens with one attached hydrogen (secondary N) is 2. The molecule has 0 amide bonds. The van der Waals surface area contributed by atoms with Gasteiger partial charge in [-0.1, -0.05) is 0 Å². The van der Waals surface area contributed by atoms with Crippen LogP contribution in [0.2, 0.25) is 0 Å². The van der Waals surface area contributed by atoms with E-state index in [1.807, 2.05) is 18.7 Å². The van der Waals surface area contributed by atoms with E-state index in [0.29, 0.717) is 6.61 Å². The van der Waals surface area contributed by atoms with Gasteiger partial charge >= 0.3 is 0 Å². The predicted molar refractivity (Wildman–Crippen MR) is 82.2 cm³/mol. The fourth-order valence-corrected chi connectivity index (χ4v) is 2.09. The Morgan fingerprint density at radius 2 is 2.00 bits per heavy atom. The molecule has 20 heavy (non-hydrogen) atoms. The summed E-state index contributed by atoms with van der Waals surface area (Å²) in [5.74, 6) is 0.809. The number of aryl methyl sites for hydroxylation is 2. The normalized spacial score (nSPS) is 11.8. The Morgan fingerprint density at radius 1 is 1.30 bits per heavy atom. The molecule has 1 aromatic rings. The van der Waals surface area contributed by atoms with Crippen LogP contribution in [0.25, 0.3) is 0 Å². The van der Waals surface area contributed by atoms with Gasteiger partial charge < -0.3 is 15.4 Å². The molecule has 0 saturated heterocycles. The van der Waals surface area contributed by atoms with Gasteiger partial charge in [0.1, 0.15) is 0 Å². The van der Waals surface area contributed by atoms with E-state index >= 15 is 0 Å². The summed E-state index contributed by atoms with van der Waals surface area (Å²) in [5, 5.41) is 10.9. The van der Waals surface area contributed by atoms with Gasteiger partial charge in [0.2, 0.25) is 0 Å². The number of rotatable bonds is 7. The average molecular weight is 281 g/mol. The van der Waals surface area contributed by atoms with E-state index in [-0.39, 0.29) is 0 Å². The lowest BCUT2D eigenvalue weighted by molar-refractivity contribution is 0.152. The molecule has 114 valence electrons. The van der Waals surface area contributed by atoms with Crippen molar-refractivity contribution in [3.05, 3.63) is 17.0 Å². The van der Waals surface area contributed by atoms with E-state index in [1.165, 1.54) is 11.3 Å². The third-order valence-electron chi connectivity index (χ3n) is 3.29. The first kappa shape index (κ1) is 16.5. The maximum Gasteiger partial charge on any atom is 0.191 e. The Kier molecular flexibility index (Phi) is 7.08. The van der Waals surface area contributed by atoms with Crippen molar-refractivity contribution in [2.75, 3.05) is 33.4 Å². The highest BCUT2D eigenvalue weighted by molar-refractivity contribution is 5.79. The molecule has 0 fully saturated rings. The molecule has 0 aliphatic heterocycles. The minimum Gasteiger partial charge on any atom is -0.380 e. The Labute approximate surface area is 121 Å². The number of ether oxygens (including phenoxy) is 1. The smallest absolute Gasteiger partial charge is 0.191 e. The quantitative estimate of drug-likeness (QED) is 0.440. The molecule has 0 radical (unpaired) electrons. The summed E-state index contributed by atoms with van der Waals surface area (Å²) in [7, 11) is 3.75. The molecule has 0 aromatic carbocycles. The standard InChI is InChI=1S/C14H27N5O/c1-6-20-10-9-17-14(15-4)16-8-7-13-11(2)18-19(5)12(13)3/h6-10H2,1-5H3,(H2,15,16,17). The summed E-state index contributed by atoms with van der Waals surface area (Å²) in [6.07, 6.45) is 0.942. The Balaban J connectivity index is 2.34. The van der Waals surface area contributed by atoms with Gasteiger partial charge in [0.05, 0.1) is 12.3 Å². The fraction of sp³-hybridized carbons (Fsp3) is 0.714. The highest BCUT2D eigenvalue weighted by Crippen LogP contribution is 2.11. The van der Waals surface area contributed by atoms with Crippen molar-refractivity contribution >= 4 is 5.96 Å². The SMILES string of the molecule is CCOCCNC(=NC)NCCc1c(C)nn(C)c1C. The van der Waals surface area contributed by atoms with Gasteiger partial charge in [-0.25, -0.2) is 0 Å². The van der Waals surface area contributed by atoms with Crippen molar-refractivity contribution in [1.82, 2.24) is 20.4 Å². The number of aromatic nitrogens is 2. The van der Waals surface area contributed by atoms with Gasteiger partial charge in [-0.2, -0.15) is 5.10 Å². The van der Waals surface area contributed by atoms with Gasteiger partial charge in [-0.05, 0) is 32.8 Å². The summed E-state index contributed by atoms with van der Waals surface area (Å²) < 4.78 is 7.21. The van der Waals surface area contributed by atoms with Crippen LogP contribution in [0.15, 0.2) is 4.99 Å². The number of hydrogen-bond acceptors (Lipinski definition) is 3. The molecular formula is C14H27N5O. The topological polar surface area (TPSA) is 63.5 Å². The molecule has 6 nitrogen and oxygen atoms in total. The minimum atomic E-state index is 0.692. The summed E-state index contributed by atoms with van der Waals surface area (Å²) >= 11 is 0. The lowest BCUT2D eigenvalue weighted by Gasteiger charge is -2.12. The number of nitrogens with zero attached hydrogens (tertiary/aromatic N) is 3. The number of hydrogen-bond donors (Lipinski definition) is 2. The number of aliphatic imine (C=N–C) groups is 1. The van der Waals surface area contributed by atoms with Crippen molar-refractivity contribution in [2.24, 2.45) is 12.0 Å². The molecule has 0 unspecified atom stereocenters. The van der Waals surface area contributed by atoms with Crippen LogP contribution in [0.5, 0.6) is 0 Å². The minimum absolute atomic E-state index is 0.692. The van der Waals surface area contributed by atoms with Gasteiger partial charge in [-0.15, -0.1) is 0 Å². The van der Waals surface area contributed by atoms with Crippen molar-refractivity contribution in [1.29, 1.82) is 0 Å². The molecule has 1 rings (SSSR count). The first-order chi connectivity index (χ1) is 9.60. The van der Waals surface area contributed by atoms with E-state index in [2.05, 4.69) is 34.6 Å². The average Bonchev–Trinajstić information content (AvgIpc) is 2.67. The maximum absolute atomic E-state index is 5.28. The van der Waals surface area contributed by atoms with Crippen molar-refractivity contribution in [3.63, 3.8) is 0 Å². The summed E-state index contributed by atoms with van der Waals surface area (Å²) in [5.41, 5.74) is 3.64. The molecule has 1 heterocycles. The molecular weight excluding hydrogens is 254 g/mol. The van der Waals surface area contributed by atoms with Crippen LogP contribution < -0.4 is 10.6 Å². The largest absolute Gasteiger partial charge is 0.380 e. The highest BCUT2D eigenvalue weighted by Gasteiger charge is 2.08. The number of guanidine groups is 1. The summed E-state index contributed by atoms with van der Waals surface area (Å²) in [6.45, 7) is 9.18. The lowest BCUT2D eigenvalue weighted by atomic mass is 10.1. The van der Waals surface area contributed by atoms with E-state index in [1.54, 1.807) is 7.05 Å². The Bertz CT molecular complexity index is 439. The van der Waals surface area contributed by atoms with Crippen LogP contribution >= 0.6 is 0 Å². The monoisotopic (exact) mass is 281 g/mol. The van der Waals surface area contributed by atoms with Crippen molar-refractivity contribution in [2.45, 2.75) is 27.2 Å². The van der Waals surface area contributed by atoms with Crippen molar-refractivity contribution < 1.29 is 4.74 Å². The second-order valence-electron chi connectivity index (χ2n) is 4.65. The molecule has 0 saturated carbocycles. The van der Waals surface area contributed by atoms with Crippen LogP contribution in [0.4, 0.5) is 0 Å². The third-order valence-corrected chi connectivity index (χ3v) is 3.29. The zero-order valence-corrected chi connectivity index (χ0v) is 13.3. The summed E-state index contributed by atoms with van der Waals surface area (Å²) in [6, 6.07) is 0. The third kappa shape index (κ3) is 4.85. The van der Waals surface area contributed by atoms with Gasteiger partial charge in [0, 0.05) is 39.5 Å². The lowest BCUT2D eigenvalue weighted by Crippen LogP contribution is -2.39. The molecule has 0 atom stereocenters. The zero-order valence-electron chi connectivity index (χ0n) is 13.3. The van der Waals surface area contributed by atoms with Crippen LogP contribution in [0, 0.1) is 13.8 Å². The zero-order chi connectivity index (χ0) is 15.0. The second-order valence-corrected chi connectivity index (χ2v) is 4.65. The van der Waals surface area contributed by atoms with Crippen molar-refractivity contribution in [3.8, 4) is 0 Å². The fourth-order valence-electron chi connectivity index (χ4n) is 2.09. The molecule has 0 aliphatic carbocycles. The van der Waals surface area contributed by atoms with Crippen LogP contribution in [-0.2, 0) is 18.2 Å². The van der Waals surface area contributed by atoms with E-state index < -0.39 is 0 Å². The second kappa shape index (κ2) is 8.58. The van der Waals surface area contributed by atoms with Gasteiger partial charge in [-0.3, -0.25) is 9.67 Å². The van der Waals surface area contributed by atoms with E-state index in [4.69, 9.17) is 4.74 Å². The van der Waals surface area contributed by atoms with Crippen LogP contribution in [-0.4, -0.2) is 49.1 Å². The molecule has 0 bridgehead atoms. The molecule has 6 heteroatoms. The highest BCUT2D eigenvalue weighted by atomic mass is 16.5. The van der Waals surface area contributed by atoms with Crippen LogP contribution in [0.1, 0.15) is 23.9 Å². The summed E-state index contributed by atoms with van der Waals surface area (Å²) in [4.78, 5) is 4.18. The van der Waals surface area contributed by atoms with Gasteiger partial charge in [0.15, 0.2) is 5.96 Å². The Hall–Kier alpha value is -1.56. The first-order valence-corrected chi connectivity index (χ1v) is 7.11. The van der Waals surface area contributed by atoms with Gasteiger partial charge in [0.25, 0.3) is 0 Å². The predicted octanol–water partition coefficient (Wildman–Crippen LogP) is 0.781. The Morgan fingerprint density at radius 3 is 2.55 bits per heavy atom. The molecule has 1 aromatic heterocycles. The first-order valence-electron chi connectivity index (χ1n) is 7.11. The molecule has 2 N–H and O–H groups in total. The molecule has 0 spiro atoms. The van der Waals surface area contributed by atoms with E-state index in [0.717, 1.165) is 37.8 Å². The molecule has 0 aliphatic rings.